The molecule has 112 valence electrons. The number of allylic oxidation sites excluding steroid dienone is 1. The second-order valence-electron chi connectivity index (χ2n) is 4.70. The highest BCUT2D eigenvalue weighted by Gasteiger charge is 2.11. The third-order valence-electron chi connectivity index (χ3n) is 3.03. The summed E-state index contributed by atoms with van der Waals surface area (Å²) in [5.41, 5.74) is 2.24. The Morgan fingerprint density at radius 1 is 0.955 bits per heavy atom. The molecule has 0 aliphatic rings. The van der Waals surface area contributed by atoms with Gasteiger partial charge in [-0.25, -0.2) is 0 Å². The largest absolute Gasteiger partial charge is 0.349 e. The van der Waals surface area contributed by atoms with E-state index in [2.05, 4.69) is 6.58 Å². The molecular weight excluding hydrogens is 299 g/mol. The van der Waals surface area contributed by atoms with E-state index in [1.165, 1.54) is 6.08 Å². The van der Waals surface area contributed by atoms with Gasteiger partial charge in [-0.15, -0.1) is 0 Å². The minimum Gasteiger partial charge on any atom is -0.321 e. The molecule has 0 bridgehead atoms. The lowest BCUT2D eigenvalue weighted by Crippen LogP contribution is -2.01. The summed E-state index contributed by atoms with van der Waals surface area (Å²) in [6.45, 7) is 3.83. The molecule has 0 saturated heterocycles. The van der Waals surface area contributed by atoms with Crippen LogP contribution in [0.15, 0.2) is 67.0 Å². The third-order valence-corrected chi connectivity index (χ3v) is 3.57. The van der Waals surface area contributed by atoms with Crippen LogP contribution in [0.4, 0.5) is 0 Å². The van der Waals surface area contributed by atoms with Crippen molar-refractivity contribution in [2.24, 2.45) is 0 Å². The van der Waals surface area contributed by atoms with Crippen molar-refractivity contribution in [2.45, 2.75) is 0 Å². The molecule has 0 aliphatic carbocycles. The van der Waals surface area contributed by atoms with Gasteiger partial charge in [-0.05, 0) is 17.2 Å². The van der Waals surface area contributed by atoms with Gasteiger partial charge in [0.2, 0.25) is 0 Å². The van der Waals surface area contributed by atoms with E-state index in [0.717, 1.165) is 11.4 Å². The monoisotopic (exact) mass is 314 g/mol. The van der Waals surface area contributed by atoms with Crippen LogP contribution in [-0.4, -0.2) is 15.6 Å². The van der Waals surface area contributed by atoms with Gasteiger partial charge in [0.25, 0.3) is 0 Å². The number of rotatable bonds is 5. The van der Waals surface area contributed by atoms with Gasteiger partial charge < -0.3 is 9.79 Å². The fourth-order valence-electron chi connectivity index (χ4n) is 1.87. The summed E-state index contributed by atoms with van der Waals surface area (Å²) in [4.78, 5) is 29.9. The lowest BCUT2D eigenvalue weighted by Gasteiger charge is -2.05. The highest BCUT2D eigenvalue weighted by molar-refractivity contribution is 7.55. The van der Waals surface area contributed by atoms with Crippen molar-refractivity contribution in [3.05, 3.63) is 83.7 Å². The van der Waals surface area contributed by atoms with Crippen molar-refractivity contribution in [1.82, 2.24) is 0 Å². The van der Waals surface area contributed by atoms with Crippen LogP contribution in [0.5, 0.6) is 0 Å². The van der Waals surface area contributed by atoms with Gasteiger partial charge in [-0.2, -0.15) is 0 Å². The molecule has 0 amide bonds. The average Bonchev–Trinajstić information content (AvgIpc) is 2.52. The van der Waals surface area contributed by atoms with E-state index in [1.807, 2.05) is 30.3 Å². The molecule has 0 heterocycles. The van der Waals surface area contributed by atoms with Gasteiger partial charge in [0.1, 0.15) is 0 Å². The highest BCUT2D eigenvalue weighted by Crippen LogP contribution is 2.36. The van der Waals surface area contributed by atoms with Crippen LogP contribution in [0.2, 0.25) is 0 Å². The standard InChI is InChI=1S/C17H15O4P/c1-13(15-5-3-2-4-6-15)17(18)16-9-7-14(8-10-16)11-12-22(19,20)21/h2-12H,1H2,(H2,19,20,21). The second-order valence-corrected chi connectivity index (χ2v) is 6.18. The zero-order valence-corrected chi connectivity index (χ0v) is 12.6. The summed E-state index contributed by atoms with van der Waals surface area (Å²) >= 11 is 0. The van der Waals surface area contributed by atoms with Gasteiger partial charge in [0.05, 0.1) is 0 Å². The fourth-order valence-corrected chi connectivity index (χ4v) is 2.24. The van der Waals surface area contributed by atoms with Crippen molar-refractivity contribution in [3.63, 3.8) is 0 Å². The van der Waals surface area contributed by atoms with E-state index in [1.54, 1.807) is 24.3 Å². The van der Waals surface area contributed by atoms with Gasteiger partial charge in [0.15, 0.2) is 5.78 Å². The predicted octanol–water partition coefficient (Wildman–Crippen LogP) is 3.73. The number of hydrogen-bond donors (Lipinski definition) is 2. The van der Waals surface area contributed by atoms with Crippen molar-refractivity contribution < 1.29 is 19.1 Å². The lowest BCUT2D eigenvalue weighted by molar-refractivity contribution is 0.105. The van der Waals surface area contributed by atoms with Crippen LogP contribution in [0.3, 0.4) is 0 Å². The summed E-state index contributed by atoms with van der Waals surface area (Å²) < 4.78 is 10.8. The Hall–Kier alpha value is -2.26. The molecule has 0 spiro atoms. The van der Waals surface area contributed by atoms with Crippen LogP contribution < -0.4 is 0 Å². The van der Waals surface area contributed by atoms with Gasteiger partial charge in [-0.3, -0.25) is 9.36 Å². The number of benzene rings is 2. The molecule has 0 atom stereocenters. The molecule has 0 aromatic heterocycles. The van der Waals surface area contributed by atoms with Gasteiger partial charge >= 0.3 is 7.60 Å². The summed E-state index contributed by atoms with van der Waals surface area (Å²) in [6.07, 6.45) is 1.32. The number of hydrogen-bond acceptors (Lipinski definition) is 2. The number of carbonyl (C=O) groups is 1. The molecule has 0 fully saturated rings. The molecule has 2 N–H and O–H groups in total. The zero-order chi connectivity index (χ0) is 16.2. The van der Waals surface area contributed by atoms with Crippen LogP contribution in [0.1, 0.15) is 21.5 Å². The van der Waals surface area contributed by atoms with Crippen molar-refractivity contribution in [1.29, 1.82) is 0 Å². The SMILES string of the molecule is C=C(C(=O)c1ccc(C=CP(=O)(O)O)cc1)c1ccccc1. The predicted molar refractivity (Wildman–Crippen MR) is 87.3 cm³/mol. The Morgan fingerprint density at radius 3 is 2.09 bits per heavy atom. The maximum atomic E-state index is 12.3. The molecule has 0 radical (unpaired) electrons. The Morgan fingerprint density at radius 2 is 1.55 bits per heavy atom. The fraction of sp³-hybridized carbons (Fsp3) is 0. The zero-order valence-electron chi connectivity index (χ0n) is 11.7. The minimum absolute atomic E-state index is 0.184. The number of Topliss-reactive ketones (excluding diaryl/α,β-unsaturated/α-hetero) is 1. The minimum atomic E-state index is -4.18. The first-order valence-corrected chi connectivity index (χ1v) is 8.18. The molecule has 0 unspecified atom stereocenters. The van der Waals surface area contributed by atoms with Crippen LogP contribution >= 0.6 is 7.60 Å². The molecule has 2 rings (SSSR count). The lowest BCUT2D eigenvalue weighted by atomic mass is 9.98. The van der Waals surface area contributed by atoms with Gasteiger partial charge in [-0.1, -0.05) is 61.2 Å². The summed E-state index contributed by atoms with van der Waals surface area (Å²) in [6, 6.07) is 15.6. The molecule has 5 heteroatoms. The smallest absolute Gasteiger partial charge is 0.321 e. The Kier molecular flexibility index (Phi) is 4.88. The Labute approximate surface area is 128 Å². The van der Waals surface area contributed by atoms with Gasteiger partial charge in [0, 0.05) is 17.0 Å². The topological polar surface area (TPSA) is 74.6 Å². The van der Waals surface area contributed by atoms with Crippen LogP contribution in [0.25, 0.3) is 11.6 Å². The van der Waals surface area contributed by atoms with Crippen molar-refractivity contribution in [2.75, 3.05) is 0 Å². The molecular formula is C17H15O4P. The van der Waals surface area contributed by atoms with E-state index in [0.29, 0.717) is 16.7 Å². The quantitative estimate of drug-likeness (QED) is 0.501. The van der Waals surface area contributed by atoms with Crippen LogP contribution in [0, 0.1) is 0 Å². The summed E-state index contributed by atoms with van der Waals surface area (Å²) in [5, 5.41) is 0. The molecule has 0 saturated carbocycles. The van der Waals surface area contributed by atoms with E-state index in [4.69, 9.17) is 9.79 Å². The number of carbonyl (C=O) groups excluding carboxylic acids is 1. The average molecular weight is 314 g/mol. The van der Waals surface area contributed by atoms with E-state index >= 15 is 0 Å². The Balaban J connectivity index is 2.17. The normalized spacial score (nSPS) is 11.5. The summed E-state index contributed by atoms with van der Waals surface area (Å²) in [7, 11) is -4.18. The second kappa shape index (κ2) is 6.67. The highest BCUT2D eigenvalue weighted by atomic mass is 31.2. The first-order chi connectivity index (χ1) is 10.4. The van der Waals surface area contributed by atoms with Crippen molar-refractivity contribution in [3.8, 4) is 0 Å². The molecule has 22 heavy (non-hydrogen) atoms. The number of ketones is 1. The molecule has 2 aromatic rings. The molecule has 2 aromatic carbocycles. The van der Waals surface area contributed by atoms with Crippen LogP contribution in [-0.2, 0) is 4.57 Å². The van der Waals surface area contributed by atoms with E-state index < -0.39 is 7.60 Å². The maximum absolute atomic E-state index is 12.3. The maximum Gasteiger partial charge on any atom is 0.349 e. The van der Waals surface area contributed by atoms with Crippen molar-refractivity contribution >= 4 is 25.0 Å². The third kappa shape index (κ3) is 4.37. The molecule has 4 nitrogen and oxygen atoms in total. The first-order valence-electron chi connectivity index (χ1n) is 6.50. The van der Waals surface area contributed by atoms with E-state index in [-0.39, 0.29) is 5.78 Å². The Bertz CT molecular complexity index is 755. The van der Waals surface area contributed by atoms with E-state index in [9.17, 15) is 9.36 Å². The first kappa shape index (κ1) is 16.1. The summed E-state index contributed by atoms with van der Waals surface area (Å²) in [5.74, 6) is 0.643. The molecule has 0 aliphatic heterocycles.